The average molecular weight is 283 g/mol. The number of methoxy groups -OCH3 is 1. The van der Waals surface area contributed by atoms with Crippen LogP contribution in [0.3, 0.4) is 0 Å². The van der Waals surface area contributed by atoms with Crippen molar-refractivity contribution in [2.24, 2.45) is 0 Å². The minimum absolute atomic E-state index is 0.0169. The van der Waals surface area contributed by atoms with Crippen LogP contribution >= 0.6 is 0 Å². The van der Waals surface area contributed by atoms with Crippen molar-refractivity contribution in [3.8, 4) is 5.75 Å². The number of aryl methyl sites for hydroxylation is 2. The van der Waals surface area contributed by atoms with Crippen LogP contribution in [0, 0.1) is 13.8 Å². The summed E-state index contributed by atoms with van der Waals surface area (Å²) in [5, 5.41) is 2.97. The minimum atomic E-state index is 0.0169. The van der Waals surface area contributed by atoms with E-state index in [9.17, 15) is 4.79 Å². The predicted octanol–water partition coefficient (Wildman–Crippen LogP) is 3.17. The molecule has 2 aromatic rings. The lowest BCUT2D eigenvalue weighted by Gasteiger charge is -2.09. The van der Waals surface area contributed by atoms with Crippen molar-refractivity contribution >= 4 is 5.91 Å². The third-order valence-corrected chi connectivity index (χ3v) is 3.47. The maximum absolute atomic E-state index is 12.0. The van der Waals surface area contributed by atoms with Crippen LogP contribution in [-0.4, -0.2) is 13.0 Å². The highest BCUT2D eigenvalue weighted by Crippen LogP contribution is 2.13. The van der Waals surface area contributed by atoms with Crippen LogP contribution in [0.4, 0.5) is 0 Å². The topological polar surface area (TPSA) is 38.3 Å². The molecule has 0 aliphatic heterocycles. The molecular weight excluding hydrogens is 262 g/mol. The van der Waals surface area contributed by atoms with E-state index in [1.165, 1.54) is 11.1 Å². The number of nitrogens with one attached hydrogen (secondary N) is 1. The van der Waals surface area contributed by atoms with Gasteiger partial charge in [-0.2, -0.15) is 0 Å². The van der Waals surface area contributed by atoms with Crippen LogP contribution in [-0.2, 0) is 17.8 Å². The Morgan fingerprint density at radius 1 is 1.14 bits per heavy atom. The summed E-state index contributed by atoms with van der Waals surface area (Å²) in [4.78, 5) is 12.0. The number of hydrogen-bond donors (Lipinski definition) is 1. The van der Waals surface area contributed by atoms with Gasteiger partial charge in [0.25, 0.3) is 0 Å². The predicted molar refractivity (Wildman–Crippen MR) is 84.5 cm³/mol. The van der Waals surface area contributed by atoms with E-state index >= 15 is 0 Å². The zero-order valence-corrected chi connectivity index (χ0v) is 12.8. The molecule has 3 heteroatoms. The van der Waals surface area contributed by atoms with Gasteiger partial charge in [-0.15, -0.1) is 0 Å². The van der Waals surface area contributed by atoms with E-state index in [2.05, 4.69) is 37.4 Å². The Bertz CT molecular complexity index is 635. The van der Waals surface area contributed by atoms with Crippen molar-refractivity contribution in [3.05, 3.63) is 64.7 Å². The fraction of sp³-hybridized carbons (Fsp3) is 0.278. The van der Waals surface area contributed by atoms with E-state index in [1.807, 2.05) is 24.3 Å². The summed E-state index contributed by atoms with van der Waals surface area (Å²) >= 11 is 0. The van der Waals surface area contributed by atoms with Gasteiger partial charge in [-0.3, -0.25) is 4.79 Å². The van der Waals surface area contributed by atoms with E-state index < -0.39 is 0 Å². The summed E-state index contributed by atoms with van der Waals surface area (Å²) in [7, 11) is 1.62. The smallest absolute Gasteiger partial charge is 0.224 e. The maximum atomic E-state index is 12.0. The molecule has 0 aromatic heterocycles. The first-order valence-corrected chi connectivity index (χ1v) is 7.04. The summed E-state index contributed by atoms with van der Waals surface area (Å²) in [6.07, 6.45) is 0.363. The van der Waals surface area contributed by atoms with Crippen molar-refractivity contribution in [2.75, 3.05) is 7.11 Å². The van der Waals surface area contributed by atoms with Crippen LogP contribution in [0.5, 0.6) is 5.75 Å². The Balaban J connectivity index is 1.92. The van der Waals surface area contributed by atoms with Crippen LogP contribution in [0.15, 0.2) is 42.5 Å². The molecule has 110 valence electrons. The van der Waals surface area contributed by atoms with Gasteiger partial charge in [-0.25, -0.2) is 0 Å². The van der Waals surface area contributed by atoms with Crippen molar-refractivity contribution in [2.45, 2.75) is 26.8 Å². The molecule has 0 heterocycles. The second-order valence-electron chi connectivity index (χ2n) is 5.23. The van der Waals surface area contributed by atoms with Gasteiger partial charge >= 0.3 is 0 Å². The van der Waals surface area contributed by atoms with Gasteiger partial charge in [-0.05, 0) is 42.7 Å². The Labute approximate surface area is 126 Å². The van der Waals surface area contributed by atoms with Crippen molar-refractivity contribution in [3.63, 3.8) is 0 Å². The number of ether oxygens (including phenoxy) is 1. The SMILES string of the molecule is COc1cccc(CC(=O)NCc2ccc(C)cc2C)c1. The molecule has 1 amide bonds. The first-order chi connectivity index (χ1) is 10.1. The third kappa shape index (κ3) is 4.35. The number of amides is 1. The lowest BCUT2D eigenvalue weighted by molar-refractivity contribution is -0.120. The van der Waals surface area contributed by atoms with Crippen LogP contribution in [0.1, 0.15) is 22.3 Å². The molecule has 0 unspecified atom stereocenters. The minimum Gasteiger partial charge on any atom is -0.497 e. The Kier molecular flexibility index (Phi) is 4.99. The average Bonchev–Trinajstić information content (AvgIpc) is 2.46. The molecule has 0 aliphatic carbocycles. The van der Waals surface area contributed by atoms with Gasteiger partial charge in [-0.1, -0.05) is 35.9 Å². The summed E-state index contributed by atoms with van der Waals surface area (Å²) in [5.41, 5.74) is 4.54. The van der Waals surface area contributed by atoms with E-state index in [0.717, 1.165) is 16.9 Å². The second kappa shape index (κ2) is 6.93. The molecule has 0 radical (unpaired) electrons. The van der Waals surface area contributed by atoms with Gasteiger partial charge in [0.15, 0.2) is 0 Å². The highest BCUT2D eigenvalue weighted by molar-refractivity contribution is 5.78. The van der Waals surface area contributed by atoms with Crippen molar-refractivity contribution in [1.82, 2.24) is 5.32 Å². The van der Waals surface area contributed by atoms with E-state index in [4.69, 9.17) is 4.74 Å². The standard InChI is InChI=1S/C18H21NO2/c1-13-7-8-16(14(2)9-13)12-19-18(20)11-15-5-4-6-17(10-15)21-3/h4-10H,11-12H2,1-3H3,(H,19,20). The number of benzene rings is 2. The number of rotatable bonds is 5. The quantitative estimate of drug-likeness (QED) is 0.915. The summed E-state index contributed by atoms with van der Waals surface area (Å²) in [5.74, 6) is 0.790. The molecule has 0 spiro atoms. The third-order valence-electron chi connectivity index (χ3n) is 3.47. The molecule has 0 saturated heterocycles. The lowest BCUT2D eigenvalue weighted by atomic mass is 10.1. The number of carbonyl (C=O) groups excluding carboxylic acids is 1. The van der Waals surface area contributed by atoms with E-state index in [0.29, 0.717) is 13.0 Å². The molecule has 0 aliphatic rings. The van der Waals surface area contributed by atoms with Crippen molar-refractivity contribution < 1.29 is 9.53 Å². The number of hydrogen-bond acceptors (Lipinski definition) is 2. The summed E-state index contributed by atoms with van der Waals surface area (Å²) in [6, 6.07) is 13.8. The second-order valence-corrected chi connectivity index (χ2v) is 5.23. The molecular formula is C18H21NO2. The zero-order valence-electron chi connectivity index (χ0n) is 12.8. The van der Waals surface area contributed by atoms with E-state index in [1.54, 1.807) is 7.11 Å². The Morgan fingerprint density at radius 2 is 1.95 bits per heavy atom. The molecule has 0 bridgehead atoms. The van der Waals surface area contributed by atoms with Crippen LogP contribution in [0.25, 0.3) is 0 Å². The zero-order chi connectivity index (χ0) is 15.2. The van der Waals surface area contributed by atoms with Crippen LogP contribution < -0.4 is 10.1 Å². The summed E-state index contributed by atoms with van der Waals surface area (Å²) < 4.78 is 5.16. The molecule has 0 atom stereocenters. The molecule has 2 rings (SSSR count). The Morgan fingerprint density at radius 3 is 2.67 bits per heavy atom. The molecule has 1 N–H and O–H groups in total. The van der Waals surface area contributed by atoms with Gasteiger partial charge < -0.3 is 10.1 Å². The first kappa shape index (κ1) is 15.1. The molecule has 0 saturated carbocycles. The van der Waals surface area contributed by atoms with Gasteiger partial charge in [0.2, 0.25) is 5.91 Å². The number of carbonyl (C=O) groups is 1. The normalized spacial score (nSPS) is 10.2. The van der Waals surface area contributed by atoms with E-state index in [-0.39, 0.29) is 5.91 Å². The summed E-state index contributed by atoms with van der Waals surface area (Å²) in [6.45, 7) is 4.70. The van der Waals surface area contributed by atoms with Gasteiger partial charge in [0, 0.05) is 6.54 Å². The first-order valence-electron chi connectivity index (χ1n) is 7.04. The van der Waals surface area contributed by atoms with Crippen LogP contribution in [0.2, 0.25) is 0 Å². The van der Waals surface area contributed by atoms with Gasteiger partial charge in [0.05, 0.1) is 13.5 Å². The molecule has 3 nitrogen and oxygen atoms in total. The highest BCUT2D eigenvalue weighted by atomic mass is 16.5. The molecule has 21 heavy (non-hydrogen) atoms. The fourth-order valence-corrected chi connectivity index (χ4v) is 2.27. The molecule has 0 fully saturated rings. The highest BCUT2D eigenvalue weighted by Gasteiger charge is 2.05. The lowest BCUT2D eigenvalue weighted by Crippen LogP contribution is -2.24. The largest absolute Gasteiger partial charge is 0.497 e. The van der Waals surface area contributed by atoms with Gasteiger partial charge in [0.1, 0.15) is 5.75 Å². The maximum Gasteiger partial charge on any atom is 0.224 e. The molecule has 2 aromatic carbocycles. The fourth-order valence-electron chi connectivity index (χ4n) is 2.27. The van der Waals surface area contributed by atoms with Crippen molar-refractivity contribution in [1.29, 1.82) is 0 Å². The Hall–Kier alpha value is -2.29. The monoisotopic (exact) mass is 283 g/mol.